The Morgan fingerprint density at radius 1 is 1.86 bits per heavy atom. The van der Waals surface area contributed by atoms with Gasteiger partial charge in [-0.3, -0.25) is 4.99 Å². The lowest BCUT2D eigenvalue weighted by Crippen LogP contribution is -2.14. The van der Waals surface area contributed by atoms with E-state index < -0.39 is 0 Å². The van der Waals surface area contributed by atoms with Crippen LogP contribution in [0.15, 0.2) is 17.4 Å². The van der Waals surface area contributed by atoms with Gasteiger partial charge in [0.1, 0.15) is 0 Å². The average molecular weight is 95.1 g/mol. The highest BCUT2D eigenvalue weighted by molar-refractivity contribution is 5.61. The Morgan fingerprint density at radius 2 is 2.71 bits per heavy atom. The zero-order chi connectivity index (χ0) is 5.11. The number of hydrogen-bond acceptors (Lipinski definition) is 2. The maximum absolute atomic E-state index is 3.76. The van der Waals surface area contributed by atoms with Gasteiger partial charge >= 0.3 is 0 Å². The van der Waals surface area contributed by atoms with Gasteiger partial charge in [-0.2, -0.15) is 0 Å². The zero-order valence-corrected chi connectivity index (χ0v) is 4.26. The van der Waals surface area contributed by atoms with Gasteiger partial charge in [-0.1, -0.05) is 0 Å². The molecular weight excluding hydrogens is 88.1 g/mol. The van der Waals surface area contributed by atoms with Crippen molar-refractivity contribution in [1.29, 1.82) is 0 Å². The van der Waals surface area contributed by atoms with Gasteiger partial charge in [0.2, 0.25) is 0 Å². The van der Waals surface area contributed by atoms with Crippen LogP contribution in [-0.4, -0.2) is 24.7 Å². The number of nitrogens with zero attached hydrogens (tertiary/aromatic N) is 2. The van der Waals surface area contributed by atoms with E-state index in [1.165, 1.54) is 0 Å². The molecule has 1 heterocycles. The van der Waals surface area contributed by atoms with Gasteiger partial charge in [0.15, 0.2) is 0 Å². The molecular formula is C5H7N2. The highest BCUT2D eigenvalue weighted by atomic mass is 15.1. The van der Waals surface area contributed by atoms with E-state index in [-0.39, 0.29) is 0 Å². The van der Waals surface area contributed by atoms with Gasteiger partial charge in [-0.15, -0.1) is 0 Å². The van der Waals surface area contributed by atoms with Crippen LogP contribution in [0.1, 0.15) is 0 Å². The smallest absolute Gasteiger partial charge is 0.0830 e. The quantitative estimate of drug-likeness (QED) is 0.424. The van der Waals surface area contributed by atoms with Crippen molar-refractivity contribution in [2.45, 2.75) is 0 Å². The molecule has 0 aromatic heterocycles. The maximum atomic E-state index is 3.76. The van der Waals surface area contributed by atoms with E-state index in [9.17, 15) is 0 Å². The topological polar surface area (TPSA) is 15.6 Å². The van der Waals surface area contributed by atoms with Crippen molar-refractivity contribution in [3.63, 3.8) is 0 Å². The minimum atomic E-state index is 0.816. The lowest BCUT2D eigenvalue weighted by atomic mass is 10.6. The fourth-order valence-electron chi connectivity index (χ4n) is 0.405. The summed E-state index contributed by atoms with van der Waals surface area (Å²) < 4.78 is 0. The Bertz CT molecular complexity index is 105. The van der Waals surface area contributed by atoms with Crippen LogP contribution in [0.4, 0.5) is 0 Å². The van der Waals surface area contributed by atoms with Crippen LogP contribution in [0.3, 0.4) is 0 Å². The van der Waals surface area contributed by atoms with Crippen molar-refractivity contribution in [2.24, 2.45) is 4.99 Å². The first-order chi connectivity index (χ1) is 3.39. The summed E-state index contributed by atoms with van der Waals surface area (Å²) in [6.45, 7) is 0.816. The summed E-state index contributed by atoms with van der Waals surface area (Å²) >= 11 is 0. The second-order valence-corrected chi connectivity index (χ2v) is 1.50. The fraction of sp³-hybridized carbons (Fsp3) is 0.400. The molecule has 0 bridgehead atoms. The first-order valence-corrected chi connectivity index (χ1v) is 2.19. The van der Waals surface area contributed by atoms with Crippen molar-refractivity contribution in [2.75, 3.05) is 13.6 Å². The first-order valence-electron chi connectivity index (χ1n) is 2.19. The molecule has 0 saturated heterocycles. The van der Waals surface area contributed by atoms with E-state index in [1.807, 2.05) is 18.1 Å². The molecule has 0 atom stereocenters. The lowest BCUT2D eigenvalue weighted by Gasteiger charge is -2.10. The molecule has 0 aromatic carbocycles. The molecule has 2 nitrogen and oxygen atoms in total. The summed E-state index contributed by atoms with van der Waals surface area (Å²) in [5, 5.41) is 0. The molecule has 0 fully saturated rings. The molecule has 0 aromatic rings. The minimum absolute atomic E-state index is 0.816. The molecule has 0 spiro atoms. The van der Waals surface area contributed by atoms with Gasteiger partial charge in [0.25, 0.3) is 0 Å². The SMILES string of the molecule is CN1C=CN=[C]C1. The van der Waals surface area contributed by atoms with E-state index in [2.05, 4.69) is 11.2 Å². The predicted molar refractivity (Wildman–Crippen MR) is 29.2 cm³/mol. The molecule has 1 rings (SSSR count). The monoisotopic (exact) mass is 95.1 g/mol. The Hall–Kier alpha value is -0.790. The second-order valence-electron chi connectivity index (χ2n) is 1.50. The third kappa shape index (κ3) is 1.03. The minimum Gasteiger partial charge on any atom is -0.373 e. The third-order valence-corrected chi connectivity index (χ3v) is 0.807. The summed E-state index contributed by atoms with van der Waals surface area (Å²) in [5.41, 5.74) is 0. The lowest BCUT2D eigenvalue weighted by molar-refractivity contribution is 0.522. The normalized spacial score (nSPS) is 18.1. The zero-order valence-electron chi connectivity index (χ0n) is 4.26. The molecule has 7 heavy (non-hydrogen) atoms. The Labute approximate surface area is 43.2 Å². The molecule has 0 N–H and O–H groups in total. The number of hydrogen-bond donors (Lipinski definition) is 0. The maximum Gasteiger partial charge on any atom is 0.0830 e. The molecule has 37 valence electrons. The van der Waals surface area contributed by atoms with Crippen LogP contribution in [0, 0.1) is 0 Å². The first kappa shape index (κ1) is 4.37. The molecule has 0 unspecified atom stereocenters. The summed E-state index contributed by atoms with van der Waals surface area (Å²) in [6.07, 6.45) is 6.44. The Morgan fingerprint density at radius 3 is 3.00 bits per heavy atom. The summed E-state index contributed by atoms with van der Waals surface area (Å²) in [6, 6.07) is 0. The largest absolute Gasteiger partial charge is 0.373 e. The Balaban J connectivity index is 2.49. The number of aliphatic imine (C=N–C) groups is 1. The van der Waals surface area contributed by atoms with Crippen LogP contribution in [0.5, 0.6) is 0 Å². The van der Waals surface area contributed by atoms with Crippen LogP contribution in [-0.2, 0) is 0 Å². The van der Waals surface area contributed by atoms with E-state index in [1.54, 1.807) is 6.20 Å². The molecule has 2 heteroatoms. The second kappa shape index (κ2) is 1.78. The molecule has 1 aliphatic rings. The molecule has 0 amide bonds. The van der Waals surface area contributed by atoms with Crippen molar-refractivity contribution < 1.29 is 0 Å². The van der Waals surface area contributed by atoms with Crippen molar-refractivity contribution in [1.82, 2.24) is 4.90 Å². The highest BCUT2D eigenvalue weighted by Crippen LogP contribution is 1.87. The van der Waals surface area contributed by atoms with Crippen LogP contribution in [0.25, 0.3) is 0 Å². The van der Waals surface area contributed by atoms with Gasteiger partial charge in [0.05, 0.1) is 12.8 Å². The van der Waals surface area contributed by atoms with E-state index in [0.29, 0.717) is 0 Å². The molecule has 1 radical (unpaired) electrons. The van der Waals surface area contributed by atoms with Gasteiger partial charge in [-0.25, -0.2) is 0 Å². The van der Waals surface area contributed by atoms with Crippen LogP contribution in [0.2, 0.25) is 0 Å². The van der Waals surface area contributed by atoms with Crippen molar-refractivity contribution in [3.05, 3.63) is 12.4 Å². The summed E-state index contributed by atoms with van der Waals surface area (Å²) in [5.74, 6) is 0. The molecule has 0 saturated carbocycles. The summed E-state index contributed by atoms with van der Waals surface area (Å²) in [4.78, 5) is 5.76. The van der Waals surface area contributed by atoms with Crippen molar-refractivity contribution in [3.8, 4) is 0 Å². The number of rotatable bonds is 0. The summed E-state index contributed by atoms with van der Waals surface area (Å²) in [7, 11) is 1.98. The fourth-order valence-corrected chi connectivity index (χ4v) is 0.405. The third-order valence-electron chi connectivity index (χ3n) is 0.807. The van der Waals surface area contributed by atoms with Crippen molar-refractivity contribution >= 4 is 6.21 Å². The van der Waals surface area contributed by atoms with E-state index in [4.69, 9.17) is 0 Å². The van der Waals surface area contributed by atoms with Gasteiger partial charge in [-0.05, 0) is 0 Å². The predicted octanol–water partition coefficient (Wildman–Crippen LogP) is 0.351. The van der Waals surface area contributed by atoms with Gasteiger partial charge in [0, 0.05) is 19.4 Å². The van der Waals surface area contributed by atoms with Gasteiger partial charge < -0.3 is 4.90 Å². The van der Waals surface area contributed by atoms with E-state index >= 15 is 0 Å². The Kier molecular flexibility index (Phi) is 1.11. The molecule has 1 aliphatic heterocycles. The van der Waals surface area contributed by atoms with Crippen LogP contribution >= 0.6 is 0 Å². The molecule has 0 aliphatic carbocycles. The van der Waals surface area contributed by atoms with Crippen LogP contribution < -0.4 is 0 Å². The average Bonchev–Trinajstić information content (AvgIpc) is 1.69. The standard InChI is InChI=1S/C5H7N2/c1-7-4-2-6-3-5-7/h2,4H,5H2,1H3. The highest BCUT2D eigenvalue weighted by Gasteiger charge is 1.88. The van der Waals surface area contributed by atoms with E-state index in [0.717, 1.165) is 6.54 Å².